The van der Waals surface area contributed by atoms with E-state index in [4.69, 9.17) is 9.47 Å². The van der Waals surface area contributed by atoms with Crippen molar-refractivity contribution in [2.24, 2.45) is 4.99 Å². The first-order chi connectivity index (χ1) is 10.2. The second-order valence-corrected chi connectivity index (χ2v) is 4.87. The summed E-state index contributed by atoms with van der Waals surface area (Å²) in [5, 5.41) is 6.53. The summed E-state index contributed by atoms with van der Waals surface area (Å²) >= 11 is 0. The second-order valence-electron chi connectivity index (χ2n) is 4.87. The predicted molar refractivity (Wildman–Crippen MR) is 96.1 cm³/mol. The van der Waals surface area contributed by atoms with Crippen molar-refractivity contribution in [3.63, 3.8) is 0 Å². The van der Waals surface area contributed by atoms with Crippen LogP contribution in [0.5, 0.6) is 5.75 Å². The maximum atomic E-state index is 11.7. The Bertz CT molecular complexity index is 545. The van der Waals surface area contributed by atoms with Gasteiger partial charge in [-0.1, -0.05) is 6.07 Å². The molecular weight excluding hydrogens is 397 g/mol. The molecule has 1 aromatic carbocycles. The minimum Gasteiger partial charge on any atom is -0.496 e. The Kier molecular flexibility index (Phi) is 7.43. The minimum atomic E-state index is -0.408. The first-order valence-electron chi connectivity index (χ1n) is 6.90. The lowest BCUT2D eigenvalue weighted by molar-refractivity contribution is 0.0597. The highest BCUT2D eigenvalue weighted by Crippen LogP contribution is 2.21. The maximum Gasteiger partial charge on any atom is 0.341 e. The van der Waals surface area contributed by atoms with Gasteiger partial charge in [-0.3, -0.25) is 4.99 Å². The molecule has 1 aromatic rings. The molecule has 22 heavy (non-hydrogen) atoms. The number of carbonyl (C=O) groups is 1. The van der Waals surface area contributed by atoms with Gasteiger partial charge in [0.05, 0.1) is 14.2 Å². The molecule has 122 valence electrons. The zero-order chi connectivity index (χ0) is 15.2. The van der Waals surface area contributed by atoms with Crippen LogP contribution in [0.25, 0.3) is 0 Å². The summed E-state index contributed by atoms with van der Waals surface area (Å²) in [6.07, 6.45) is 2.38. The van der Waals surface area contributed by atoms with E-state index in [1.807, 2.05) is 6.07 Å². The van der Waals surface area contributed by atoms with Crippen molar-refractivity contribution in [1.82, 2.24) is 10.6 Å². The molecule has 0 amide bonds. The molecule has 1 fully saturated rings. The largest absolute Gasteiger partial charge is 0.496 e. The van der Waals surface area contributed by atoms with Crippen LogP contribution in [0.3, 0.4) is 0 Å². The van der Waals surface area contributed by atoms with Crippen molar-refractivity contribution in [3.05, 3.63) is 29.3 Å². The van der Waals surface area contributed by atoms with E-state index in [-0.39, 0.29) is 24.0 Å². The molecule has 0 spiro atoms. The van der Waals surface area contributed by atoms with E-state index in [1.54, 1.807) is 19.2 Å². The zero-order valence-electron chi connectivity index (χ0n) is 13.0. The number of nitrogens with one attached hydrogen (secondary N) is 2. The van der Waals surface area contributed by atoms with E-state index in [1.165, 1.54) is 27.1 Å². The predicted octanol–water partition coefficient (Wildman–Crippen LogP) is 1.93. The summed E-state index contributed by atoms with van der Waals surface area (Å²) in [4.78, 5) is 15.9. The summed E-state index contributed by atoms with van der Waals surface area (Å²) in [7, 11) is 4.63. The SMILES string of the molecule is CN=C(NCc1ccc(OC)c(C(=O)OC)c1)NC1CC1.I. The molecule has 0 unspecified atom stereocenters. The van der Waals surface area contributed by atoms with Crippen molar-refractivity contribution in [3.8, 4) is 5.75 Å². The number of benzene rings is 1. The lowest BCUT2D eigenvalue weighted by Crippen LogP contribution is -2.38. The number of esters is 1. The van der Waals surface area contributed by atoms with Crippen molar-refractivity contribution in [1.29, 1.82) is 0 Å². The summed E-state index contributed by atoms with van der Waals surface area (Å²) in [5.74, 6) is 0.869. The Morgan fingerprint density at radius 3 is 2.64 bits per heavy atom. The van der Waals surface area contributed by atoms with E-state index in [9.17, 15) is 4.79 Å². The van der Waals surface area contributed by atoms with Gasteiger partial charge in [0.2, 0.25) is 0 Å². The van der Waals surface area contributed by atoms with Crippen LogP contribution < -0.4 is 15.4 Å². The van der Waals surface area contributed by atoms with Gasteiger partial charge in [-0.15, -0.1) is 24.0 Å². The zero-order valence-corrected chi connectivity index (χ0v) is 15.3. The number of hydrogen-bond acceptors (Lipinski definition) is 4. The molecule has 2 N–H and O–H groups in total. The highest BCUT2D eigenvalue weighted by atomic mass is 127. The van der Waals surface area contributed by atoms with Gasteiger partial charge in [0.15, 0.2) is 5.96 Å². The fourth-order valence-electron chi connectivity index (χ4n) is 1.94. The molecular formula is C15H22IN3O3. The van der Waals surface area contributed by atoms with E-state index in [0.29, 0.717) is 23.9 Å². The summed E-state index contributed by atoms with van der Waals surface area (Å²) in [6.45, 7) is 0.570. The maximum absolute atomic E-state index is 11.7. The topological polar surface area (TPSA) is 72.0 Å². The van der Waals surface area contributed by atoms with E-state index < -0.39 is 5.97 Å². The number of methoxy groups -OCH3 is 2. The molecule has 1 aliphatic rings. The van der Waals surface area contributed by atoms with Crippen LogP contribution in [0.4, 0.5) is 0 Å². The Labute approximate surface area is 147 Å². The Morgan fingerprint density at radius 2 is 2.09 bits per heavy atom. The number of aliphatic imine (C=N–C) groups is 1. The quantitative estimate of drug-likeness (QED) is 0.330. The van der Waals surface area contributed by atoms with Crippen molar-refractivity contribution in [2.75, 3.05) is 21.3 Å². The van der Waals surface area contributed by atoms with Gasteiger partial charge in [0.25, 0.3) is 0 Å². The molecule has 0 heterocycles. The van der Waals surface area contributed by atoms with Gasteiger partial charge in [-0.05, 0) is 30.5 Å². The highest BCUT2D eigenvalue weighted by Gasteiger charge is 2.22. The van der Waals surface area contributed by atoms with Gasteiger partial charge < -0.3 is 20.1 Å². The first kappa shape index (κ1) is 18.5. The number of halogens is 1. The number of nitrogens with zero attached hydrogens (tertiary/aromatic N) is 1. The van der Waals surface area contributed by atoms with E-state index >= 15 is 0 Å². The molecule has 1 saturated carbocycles. The fraction of sp³-hybridized carbons (Fsp3) is 0.467. The summed E-state index contributed by atoms with van der Waals surface area (Å²) < 4.78 is 9.94. The van der Waals surface area contributed by atoms with Gasteiger partial charge in [-0.25, -0.2) is 4.79 Å². The van der Waals surface area contributed by atoms with Crippen LogP contribution in [-0.2, 0) is 11.3 Å². The first-order valence-corrected chi connectivity index (χ1v) is 6.90. The fourth-order valence-corrected chi connectivity index (χ4v) is 1.94. The molecule has 7 heteroatoms. The summed E-state index contributed by atoms with van der Waals surface area (Å²) in [6, 6.07) is 5.98. The molecule has 0 aliphatic heterocycles. The van der Waals surface area contributed by atoms with Crippen LogP contribution in [-0.4, -0.2) is 39.2 Å². The van der Waals surface area contributed by atoms with Gasteiger partial charge >= 0.3 is 5.97 Å². The summed E-state index contributed by atoms with van der Waals surface area (Å²) in [5.41, 5.74) is 1.37. The molecule has 0 aromatic heterocycles. The number of guanidine groups is 1. The number of rotatable bonds is 5. The smallest absolute Gasteiger partial charge is 0.341 e. The molecule has 0 bridgehead atoms. The lowest BCUT2D eigenvalue weighted by atomic mass is 10.1. The average molecular weight is 419 g/mol. The van der Waals surface area contributed by atoms with E-state index in [0.717, 1.165) is 11.5 Å². The number of hydrogen-bond donors (Lipinski definition) is 2. The third kappa shape index (κ3) is 5.04. The van der Waals surface area contributed by atoms with Crippen LogP contribution in [0.15, 0.2) is 23.2 Å². The molecule has 2 rings (SSSR count). The van der Waals surface area contributed by atoms with Crippen LogP contribution in [0, 0.1) is 0 Å². The highest BCUT2D eigenvalue weighted by molar-refractivity contribution is 14.0. The van der Waals surface area contributed by atoms with Crippen molar-refractivity contribution in [2.45, 2.75) is 25.4 Å². The monoisotopic (exact) mass is 419 g/mol. The van der Waals surface area contributed by atoms with Crippen molar-refractivity contribution >= 4 is 35.9 Å². The molecule has 0 atom stereocenters. The van der Waals surface area contributed by atoms with Crippen LogP contribution in [0.1, 0.15) is 28.8 Å². The normalized spacial score (nSPS) is 13.9. The lowest BCUT2D eigenvalue weighted by Gasteiger charge is -2.13. The molecule has 0 saturated heterocycles. The third-order valence-corrected chi connectivity index (χ3v) is 3.27. The Morgan fingerprint density at radius 1 is 1.36 bits per heavy atom. The van der Waals surface area contributed by atoms with Crippen LogP contribution >= 0.6 is 24.0 Å². The second kappa shape index (κ2) is 8.82. The average Bonchev–Trinajstić information content (AvgIpc) is 3.34. The van der Waals surface area contributed by atoms with E-state index in [2.05, 4.69) is 15.6 Å². The molecule has 1 aliphatic carbocycles. The van der Waals surface area contributed by atoms with Gasteiger partial charge in [0, 0.05) is 19.6 Å². The van der Waals surface area contributed by atoms with Crippen LogP contribution in [0.2, 0.25) is 0 Å². The number of carbonyl (C=O) groups excluding carboxylic acids is 1. The Hall–Kier alpha value is -1.51. The van der Waals surface area contributed by atoms with Gasteiger partial charge in [-0.2, -0.15) is 0 Å². The molecule has 0 radical (unpaired) electrons. The minimum absolute atomic E-state index is 0. The number of ether oxygens (including phenoxy) is 2. The molecule has 6 nitrogen and oxygen atoms in total. The van der Waals surface area contributed by atoms with Crippen molar-refractivity contribution < 1.29 is 14.3 Å². The van der Waals surface area contributed by atoms with Gasteiger partial charge in [0.1, 0.15) is 11.3 Å². The standard InChI is InChI=1S/C15H21N3O3.HI/c1-16-15(18-11-5-6-11)17-9-10-4-7-13(20-2)12(8-10)14(19)21-3;/h4,7-8,11H,5-6,9H2,1-3H3,(H2,16,17,18);1H. The Balaban J connectivity index is 0.00000242. The third-order valence-electron chi connectivity index (χ3n) is 3.27.